The van der Waals surface area contributed by atoms with E-state index in [1.165, 1.54) is 0 Å². The molecule has 0 amide bonds. The number of aliphatic hydroxyl groups is 2. The Morgan fingerprint density at radius 1 is 1.33 bits per heavy atom. The largest absolute Gasteiger partial charge is 0.508 e. The van der Waals surface area contributed by atoms with Crippen molar-refractivity contribution in [2.24, 2.45) is 38.8 Å². The molecule has 4 rings (SSSR count). The Morgan fingerprint density at radius 2 is 2.17 bits per heavy atom. The van der Waals surface area contributed by atoms with Gasteiger partial charge in [-0.05, 0) is 31.6 Å². The highest BCUT2D eigenvalue weighted by Crippen LogP contribution is 2.43. The molecule has 0 aromatic heterocycles. The number of hydrogen-bond acceptors (Lipinski definition) is 7. The zero-order valence-corrected chi connectivity index (χ0v) is 13.8. The molecule has 128 valence electrons. The van der Waals surface area contributed by atoms with Gasteiger partial charge in [-0.15, -0.1) is 0 Å². The van der Waals surface area contributed by atoms with E-state index in [-0.39, 0.29) is 35.5 Å². The minimum atomic E-state index is -0.593. The van der Waals surface area contributed by atoms with E-state index in [2.05, 4.69) is 20.8 Å². The highest BCUT2D eigenvalue weighted by Gasteiger charge is 2.50. The molecule has 3 aliphatic heterocycles. The van der Waals surface area contributed by atoms with Gasteiger partial charge in [-0.25, -0.2) is 0 Å². The van der Waals surface area contributed by atoms with Crippen LogP contribution in [0.25, 0.3) is 0 Å². The topological polar surface area (TPSA) is 102 Å². The highest BCUT2D eigenvalue weighted by atomic mass is 16.3. The van der Waals surface area contributed by atoms with Crippen LogP contribution in [0.3, 0.4) is 0 Å². The normalized spacial score (nSPS) is 38.9. The molecule has 0 bridgehead atoms. The number of allylic oxidation sites excluding steroid dienone is 1. The number of amidine groups is 1. The molecule has 4 N–H and O–H groups in total. The minimum absolute atomic E-state index is 0.0495. The highest BCUT2D eigenvalue weighted by molar-refractivity contribution is 6.10. The van der Waals surface area contributed by atoms with E-state index in [1.807, 2.05) is 26.1 Å². The number of nitrogens with one attached hydrogen (secondary N) is 2. The number of rotatable bonds is 2. The van der Waals surface area contributed by atoms with Gasteiger partial charge in [0.15, 0.2) is 0 Å². The van der Waals surface area contributed by atoms with E-state index < -0.39 is 6.10 Å². The van der Waals surface area contributed by atoms with E-state index >= 15 is 0 Å². The maximum Gasteiger partial charge on any atom is 0.127 e. The Hall–Kier alpha value is -1.99. The number of fused-ring (bicyclic) bond motifs is 2. The SMILES string of the molecule is CC1=CC(O)=CC2C1N=C1NN=C(C)C1C2C(O)C1C=NCNC1. The van der Waals surface area contributed by atoms with Gasteiger partial charge in [0, 0.05) is 36.2 Å². The van der Waals surface area contributed by atoms with Gasteiger partial charge in [0.05, 0.1) is 24.7 Å². The Labute approximate surface area is 141 Å². The van der Waals surface area contributed by atoms with Crippen molar-refractivity contribution in [1.82, 2.24) is 10.7 Å². The van der Waals surface area contributed by atoms with Gasteiger partial charge in [0.1, 0.15) is 11.6 Å². The van der Waals surface area contributed by atoms with Crippen LogP contribution in [0.4, 0.5) is 0 Å². The molecular formula is C17H23N5O2. The molecule has 0 radical (unpaired) electrons. The molecule has 7 heteroatoms. The summed E-state index contributed by atoms with van der Waals surface area (Å²) in [6.07, 6.45) is 4.85. The van der Waals surface area contributed by atoms with Crippen LogP contribution in [0.5, 0.6) is 0 Å². The zero-order valence-electron chi connectivity index (χ0n) is 13.8. The minimum Gasteiger partial charge on any atom is -0.508 e. The van der Waals surface area contributed by atoms with Crippen LogP contribution in [0.2, 0.25) is 0 Å². The summed E-state index contributed by atoms with van der Waals surface area (Å²) in [6, 6.07) is -0.0751. The van der Waals surface area contributed by atoms with Crippen LogP contribution in [0.1, 0.15) is 13.8 Å². The Morgan fingerprint density at radius 3 is 2.92 bits per heavy atom. The molecular weight excluding hydrogens is 306 g/mol. The van der Waals surface area contributed by atoms with Crippen LogP contribution >= 0.6 is 0 Å². The van der Waals surface area contributed by atoms with E-state index in [1.54, 1.807) is 6.08 Å². The molecule has 7 nitrogen and oxygen atoms in total. The first kappa shape index (κ1) is 15.5. The lowest BCUT2D eigenvalue weighted by Crippen LogP contribution is -2.53. The first-order chi connectivity index (χ1) is 11.6. The third-order valence-electron chi connectivity index (χ3n) is 5.48. The average Bonchev–Trinajstić information content (AvgIpc) is 2.94. The fourth-order valence-corrected chi connectivity index (χ4v) is 4.35. The fourth-order valence-electron chi connectivity index (χ4n) is 4.35. The predicted molar refractivity (Wildman–Crippen MR) is 93.3 cm³/mol. The average molecular weight is 329 g/mol. The van der Waals surface area contributed by atoms with E-state index in [9.17, 15) is 10.2 Å². The van der Waals surface area contributed by atoms with Crippen LogP contribution < -0.4 is 10.7 Å². The quantitative estimate of drug-likeness (QED) is 0.596. The van der Waals surface area contributed by atoms with Crippen LogP contribution in [-0.4, -0.2) is 53.3 Å². The van der Waals surface area contributed by atoms with Crippen molar-refractivity contribution in [3.05, 3.63) is 23.5 Å². The maximum atomic E-state index is 11.2. The summed E-state index contributed by atoms with van der Waals surface area (Å²) in [6.45, 7) is 5.23. The van der Waals surface area contributed by atoms with Gasteiger partial charge >= 0.3 is 0 Å². The fraction of sp³-hybridized carbons (Fsp3) is 0.588. The molecule has 24 heavy (non-hydrogen) atoms. The maximum absolute atomic E-state index is 11.2. The Balaban J connectivity index is 1.75. The summed E-state index contributed by atoms with van der Waals surface area (Å²) in [5.41, 5.74) is 4.96. The van der Waals surface area contributed by atoms with Crippen LogP contribution in [0, 0.1) is 23.7 Å². The monoisotopic (exact) mass is 329 g/mol. The third-order valence-corrected chi connectivity index (χ3v) is 5.48. The van der Waals surface area contributed by atoms with Gasteiger partial charge in [0.2, 0.25) is 0 Å². The molecule has 3 heterocycles. The lowest BCUT2D eigenvalue weighted by molar-refractivity contribution is 0.0402. The molecule has 0 aromatic carbocycles. The molecule has 6 unspecified atom stereocenters. The van der Waals surface area contributed by atoms with E-state index in [4.69, 9.17) is 4.99 Å². The molecule has 0 saturated heterocycles. The lowest BCUT2D eigenvalue weighted by atomic mass is 9.66. The standard InChI is InChI=1S/C17H23N5O2/c1-8-3-11(23)4-12-14(16(24)10-5-18-7-19-6-10)13-9(2)21-22-17(13)20-15(8)12/h3-5,10,12-16,19,23-24H,6-7H2,1-2H3,(H,20,22). The second-order valence-electron chi connectivity index (χ2n) is 7.03. The second kappa shape index (κ2) is 5.82. The first-order valence-electron chi connectivity index (χ1n) is 8.42. The Kier molecular flexibility index (Phi) is 3.77. The van der Waals surface area contributed by atoms with Crippen molar-refractivity contribution in [2.45, 2.75) is 26.0 Å². The van der Waals surface area contributed by atoms with Gasteiger partial charge in [-0.2, -0.15) is 5.10 Å². The summed E-state index contributed by atoms with van der Waals surface area (Å²) in [7, 11) is 0. The van der Waals surface area contributed by atoms with Crippen molar-refractivity contribution in [3.8, 4) is 0 Å². The molecule has 0 aromatic rings. The number of aliphatic hydroxyl groups excluding tert-OH is 2. The van der Waals surface area contributed by atoms with Gasteiger partial charge in [-0.3, -0.25) is 20.7 Å². The molecule has 0 saturated carbocycles. The lowest BCUT2D eigenvalue weighted by Gasteiger charge is -2.43. The van der Waals surface area contributed by atoms with E-state index in [0.29, 0.717) is 13.2 Å². The first-order valence-corrected chi connectivity index (χ1v) is 8.42. The third kappa shape index (κ3) is 2.39. The molecule has 0 spiro atoms. The van der Waals surface area contributed by atoms with Crippen molar-refractivity contribution in [3.63, 3.8) is 0 Å². The molecule has 6 atom stereocenters. The number of hydrogen-bond donors (Lipinski definition) is 4. The molecule has 1 aliphatic carbocycles. The summed E-state index contributed by atoms with van der Waals surface area (Å²) in [5.74, 6) is 0.801. The second-order valence-corrected chi connectivity index (χ2v) is 7.03. The van der Waals surface area contributed by atoms with Gasteiger partial charge < -0.3 is 10.2 Å². The van der Waals surface area contributed by atoms with Crippen molar-refractivity contribution < 1.29 is 10.2 Å². The number of hydrazone groups is 1. The number of aliphatic imine (C=N–C) groups is 2. The summed E-state index contributed by atoms with van der Waals surface area (Å²) < 4.78 is 0. The van der Waals surface area contributed by atoms with Crippen LogP contribution in [0.15, 0.2) is 38.6 Å². The van der Waals surface area contributed by atoms with Crippen molar-refractivity contribution in [1.29, 1.82) is 0 Å². The van der Waals surface area contributed by atoms with Crippen molar-refractivity contribution >= 4 is 17.8 Å². The molecule has 4 aliphatic rings. The van der Waals surface area contributed by atoms with Crippen LogP contribution in [-0.2, 0) is 0 Å². The zero-order chi connectivity index (χ0) is 16.8. The predicted octanol–water partition coefficient (Wildman–Crippen LogP) is 0.605. The summed E-state index contributed by atoms with van der Waals surface area (Å²) in [4.78, 5) is 9.08. The molecule has 0 fully saturated rings. The Bertz CT molecular complexity index is 693. The van der Waals surface area contributed by atoms with Gasteiger partial charge in [0.25, 0.3) is 0 Å². The van der Waals surface area contributed by atoms with Gasteiger partial charge in [-0.1, -0.05) is 0 Å². The number of nitrogens with zero attached hydrogens (tertiary/aromatic N) is 3. The summed E-state index contributed by atoms with van der Waals surface area (Å²) >= 11 is 0. The summed E-state index contributed by atoms with van der Waals surface area (Å²) in [5, 5.41) is 28.8. The van der Waals surface area contributed by atoms with E-state index in [0.717, 1.165) is 17.1 Å². The van der Waals surface area contributed by atoms with Crippen molar-refractivity contribution in [2.75, 3.05) is 13.2 Å². The smallest absolute Gasteiger partial charge is 0.127 e.